The van der Waals surface area contributed by atoms with Gasteiger partial charge in [0.25, 0.3) is 0 Å². The monoisotopic (exact) mass is 202 g/mol. The van der Waals surface area contributed by atoms with Crippen molar-refractivity contribution in [2.45, 2.75) is 51.9 Å². The molecule has 0 bridgehead atoms. The first-order chi connectivity index (χ1) is 7.19. The molecule has 1 heteroatoms. The molecule has 1 atom stereocenters. The van der Waals surface area contributed by atoms with Crippen molar-refractivity contribution in [1.82, 2.24) is 0 Å². The Balaban J connectivity index is 2.11. The number of carbonyl (C=O) groups is 1. The molecule has 0 aliphatic heterocycles. The van der Waals surface area contributed by atoms with E-state index in [1.54, 1.807) is 11.1 Å². The van der Waals surface area contributed by atoms with Gasteiger partial charge in [0, 0.05) is 6.42 Å². The van der Waals surface area contributed by atoms with Crippen LogP contribution in [0, 0.1) is 5.41 Å². The van der Waals surface area contributed by atoms with E-state index >= 15 is 0 Å². The average Bonchev–Trinajstić information content (AvgIpc) is 2.60. The van der Waals surface area contributed by atoms with Gasteiger partial charge in [-0.05, 0) is 61.2 Å². The van der Waals surface area contributed by atoms with Crippen LogP contribution in [0.3, 0.4) is 0 Å². The van der Waals surface area contributed by atoms with Gasteiger partial charge in [0.15, 0.2) is 5.78 Å². The molecule has 0 spiro atoms. The average molecular weight is 202 g/mol. The zero-order chi connectivity index (χ0) is 10.5. The first-order valence-electron chi connectivity index (χ1n) is 6.15. The van der Waals surface area contributed by atoms with Crippen molar-refractivity contribution in [2.75, 3.05) is 0 Å². The molecule has 0 radical (unpaired) electrons. The zero-order valence-corrected chi connectivity index (χ0v) is 9.44. The summed E-state index contributed by atoms with van der Waals surface area (Å²) in [5.74, 6) is 0.343. The molecule has 1 fully saturated rings. The molecular weight excluding hydrogens is 184 g/mol. The van der Waals surface area contributed by atoms with Crippen molar-refractivity contribution < 1.29 is 4.79 Å². The highest BCUT2D eigenvalue weighted by Crippen LogP contribution is 2.54. The largest absolute Gasteiger partial charge is 0.295 e. The third kappa shape index (κ3) is 1.32. The van der Waals surface area contributed by atoms with Crippen molar-refractivity contribution in [3.63, 3.8) is 0 Å². The molecule has 1 unspecified atom stereocenters. The summed E-state index contributed by atoms with van der Waals surface area (Å²) in [6, 6.07) is 0. The van der Waals surface area contributed by atoms with E-state index in [2.05, 4.69) is 6.92 Å². The predicted molar refractivity (Wildman–Crippen MR) is 60.5 cm³/mol. The van der Waals surface area contributed by atoms with E-state index in [0.29, 0.717) is 11.2 Å². The van der Waals surface area contributed by atoms with Crippen LogP contribution in [0.15, 0.2) is 22.8 Å². The van der Waals surface area contributed by atoms with Gasteiger partial charge in [0.05, 0.1) is 0 Å². The maximum Gasteiger partial charge on any atom is 0.156 e. The van der Waals surface area contributed by atoms with E-state index in [0.717, 1.165) is 19.3 Å². The smallest absolute Gasteiger partial charge is 0.156 e. The van der Waals surface area contributed by atoms with E-state index in [1.807, 2.05) is 6.08 Å². The Hall–Kier alpha value is -0.850. The van der Waals surface area contributed by atoms with Gasteiger partial charge in [0.1, 0.15) is 0 Å². The highest BCUT2D eigenvalue weighted by molar-refractivity contribution is 5.93. The quantitative estimate of drug-likeness (QED) is 0.587. The fraction of sp³-hybridized carbons (Fsp3) is 0.643. The van der Waals surface area contributed by atoms with E-state index in [1.165, 1.54) is 31.3 Å². The van der Waals surface area contributed by atoms with Crippen molar-refractivity contribution in [3.05, 3.63) is 22.8 Å². The molecule has 0 N–H and O–H groups in total. The lowest BCUT2D eigenvalue weighted by Crippen LogP contribution is -2.23. The van der Waals surface area contributed by atoms with Gasteiger partial charge < -0.3 is 0 Å². The second-order valence-corrected chi connectivity index (χ2v) is 5.51. The molecule has 1 saturated carbocycles. The summed E-state index contributed by atoms with van der Waals surface area (Å²) in [5.41, 5.74) is 5.14. The number of fused-ring (bicyclic) bond motifs is 2. The molecular formula is C14H18O. The van der Waals surface area contributed by atoms with E-state index in [-0.39, 0.29) is 0 Å². The van der Waals surface area contributed by atoms with Crippen molar-refractivity contribution in [1.29, 1.82) is 0 Å². The second kappa shape index (κ2) is 3.07. The molecule has 3 aliphatic rings. The van der Waals surface area contributed by atoms with Gasteiger partial charge in [-0.2, -0.15) is 0 Å². The van der Waals surface area contributed by atoms with Gasteiger partial charge in [-0.3, -0.25) is 4.79 Å². The van der Waals surface area contributed by atoms with Crippen LogP contribution >= 0.6 is 0 Å². The van der Waals surface area contributed by atoms with Gasteiger partial charge in [-0.1, -0.05) is 12.5 Å². The fourth-order valence-electron chi connectivity index (χ4n) is 3.64. The van der Waals surface area contributed by atoms with Crippen LogP contribution in [0.4, 0.5) is 0 Å². The Labute approximate surface area is 91.2 Å². The Kier molecular flexibility index (Phi) is 1.92. The Morgan fingerprint density at radius 2 is 2.00 bits per heavy atom. The van der Waals surface area contributed by atoms with Crippen molar-refractivity contribution in [3.8, 4) is 0 Å². The summed E-state index contributed by atoms with van der Waals surface area (Å²) in [6.07, 6.45) is 10.1. The SMILES string of the molecule is CC12CCCC1=C1CCC(=O)C=C1CC2. The molecule has 15 heavy (non-hydrogen) atoms. The summed E-state index contributed by atoms with van der Waals surface area (Å²) < 4.78 is 0. The lowest BCUT2D eigenvalue weighted by molar-refractivity contribution is -0.114. The standard InChI is InChI=1S/C14H18O/c1-14-7-2-3-13(14)12-5-4-11(15)9-10(12)6-8-14/h9H,2-8H2,1H3. The number of allylic oxidation sites excluding steroid dienone is 4. The topological polar surface area (TPSA) is 17.1 Å². The minimum atomic E-state index is 0.343. The second-order valence-electron chi connectivity index (χ2n) is 5.51. The van der Waals surface area contributed by atoms with Crippen LogP contribution < -0.4 is 0 Å². The van der Waals surface area contributed by atoms with E-state index in [9.17, 15) is 4.79 Å². The molecule has 0 heterocycles. The lowest BCUT2D eigenvalue weighted by Gasteiger charge is -2.36. The predicted octanol–water partition coefficient (Wildman–Crippen LogP) is 3.56. The first kappa shape index (κ1) is 9.38. The lowest BCUT2D eigenvalue weighted by atomic mass is 9.69. The third-order valence-electron chi connectivity index (χ3n) is 4.54. The van der Waals surface area contributed by atoms with Gasteiger partial charge in [-0.25, -0.2) is 0 Å². The van der Waals surface area contributed by atoms with Gasteiger partial charge in [-0.15, -0.1) is 0 Å². The van der Waals surface area contributed by atoms with Crippen LogP contribution in [0.25, 0.3) is 0 Å². The summed E-state index contributed by atoms with van der Waals surface area (Å²) >= 11 is 0. The van der Waals surface area contributed by atoms with E-state index in [4.69, 9.17) is 0 Å². The normalized spacial score (nSPS) is 35.0. The van der Waals surface area contributed by atoms with Crippen LogP contribution in [-0.2, 0) is 4.79 Å². The minimum absolute atomic E-state index is 0.343. The van der Waals surface area contributed by atoms with E-state index < -0.39 is 0 Å². The maximum absolute atomic E-state index is 11.4. The number of carbonyl (C=O) groups excluding carboxylic acids is 1. The Bertz CT molecular complexity index is 386. The van der Waals surface area contributed by atoms with Gasteiger partial charge in [0.2, 0.25) is 0 Å². The highest BCUT2D eigenvalue weighted by atomic mass is 16.1. The molecule has 80 valence electrons. The number of rotatable bonds is 0. The number of hydrogen-bond donors (Lipinski definition) is 0. The van der Waals surface area contributed by atoms with Crippen LogP contribution in [0.5, 0.6) is 0 Å². The summed E-state index contributed by atoms with van der Waals surface area (Å²) in [5, 5.41) is 0. The molecule has 0 amide bonds. The molecule has 0 aromatic heterocycles. The molecule has 3 rings (SSSR count). The Morgan fingerprint density at radius 1 is 1.13 bits per heavy atom. The Morgan fingerprint density at radius 3 is 2.87 bits per heavy atom. The first-order valence-corrected chi connectivity index (χ1v) is 6.15. The number of hydrogen-bond acceptors (Lipinski definition) is 1. The summed E-state index contributed by atoms with van der Waals surface area (Å²) in [4.78, 5) is 11.4. The molecule has 0 saturated heterocycles. The van der Waals surface area contributed by atoms with Crippen LogP contribution in [0.2, 0.25) is 0 Å². The maximum atomic E-state index is 11.4. The third-order valence-corrected chi connectivity index (χ3v) is 4.54. The summed E-state index contributed by atoms with van der Waals surface area (Å²) in [7, 11) is 0. The number of ketones is 1. The van der Waals surface area contributed by atoms with Crippen molar-refractivity contribution in [2.24, 2.45) is 5.41 Å². The highest BCUT2D eigenvalue weighted by Gasteiger charge is 2.39. The molecule has 0 aromatic rings. The fourth-order valence-corrected chi connectivity index (χ4v) is 3.64. The minimum Gasteiger partial charge on any atom is -0.295 e. The summed E-state index contributed by atoms with van der Waals surface area (Å²) in [6.45, 7) is 2.43. The van der Waals surface area contributed by atoms with Gasteiger partial charge >= 0.3 is 0 Å². The van der Waals surface area contributed by atoms with Crippen LogP contribution in [-0.4, -0.2) is 5.78 Å². The zero-order valence-electron chi connectivity index (χ0n) is 9.44. The van der Waals surface area contributed by atoms with Crippen LogP contribution in [0.1, 0.15) is 51.9 Å². The van der Waals surface area contributed by atoms with Crippen molar-refractivity contribution >= 4 is 5.78 Å². The molecule has 1 nitrogen and oxygen atoms in total. The molecule has 3 aliphatic carbocycles. The molecule has 0 aromatic carbocycles.